The van der Waals surface area contributed by atoms with Gasteiger partial charge in [0.25, 0.3) is 0 Å². The van der Waals surface area contributed by atoms with Gasteiger partial charge >= 0.3 is 0 Å². The molecule has 1 N–H and O–H groups in total. The Labute approximate surface area is 110 Å². The predicted molar refractivity (Wildman–Crippen MR) is 72.4 cm³/mol. The normalized spacial score (nSPS) is 15.1. The summed E-state index contributed by atoms with van der Waals surface area (Å²) in [5.74, 6) is -0.138. The van der Waals surface area contributed by atoms with Crippen LogP contribution >= 0.6 is 15.9 Å². The third kappa shape index (κ3) is 3.93. The number of halogens is 2. The maximum atomic E-state index is 13.4. The number of nitrogens with one attached hydrogen (secondary N) is 1. The van der Waals surface area contributed by atoms with Crippen molar-refractivity contribution in [1.82, 2.24) is 5.32 Å². The van der Waals surface area contributed by atoms with Crippen molar-refractivity contribution in [2.24, 2.45) is 0 Å². The molecule has 0 fully saturated rings. The molecule has 1 aliphatic carbocycles. The van der Waals surface area contributed by atoms with Crippen molar-refractivity contribution in [1.29, 1.82) is 0 Å². The molecule has 0 heterocycles. The largest absolute Gasteiger partial charge is 0.312 e. The van der Waals surface area contributed by atoms with Gasteiger partial charge in [0.2, 0.25) is 0 Å². The topological polar surface area (TPSA) is 12.0 Å². The zero-order valence-corrected chi connectivity index (χ0v) is 11.4. The standard InChI is InChI=1S/C14H17BrFN/c15-13-5-6-14(16)12(9-13)10-17-8-7-11-3-1-2-4-11/h3,5-6,9,17H,1-2,4,7-8,10H2. The summed E-state index contributed by atoms with van der Waals surface area (Å²) < 4.78 is 14.4. The molecule has 0 bridgehead atoms. The molecule has 0 saturated carbocycles. The number of hydrogen-bond donors (Lipinski definition) is 1. The molecule has 1 nitrogen and oxygen atoms in total. The van der Waals surface area contributed by atoms with E-state index in [1.54, 1.807) is 11.6 Å². The molecule has 0 radical (unpaired) electrons. The van der Waals surface area contributed by atoms with Crippen LogP contribution < -0.4 is 5.32 Å². The molecule has 1 aromatic rings. The first-order valence-electron chi connectivity index (χ1n) is 6.08. The van der Waals surface area contributed by atoms with Gasteiger partial charge in [-0.1, -0.05) is 27.6 Å². The highest BCUT2D eigenvalue weighted by Crippen LogP contribution is 2.20. The van der Waals surface area contributed by atoms with Crippen LogP contribution in [0.5, 0.6) is 0 Å². The lowest BCUT2D eigenvalue weighted by Gasteiger charge is -2.07. The Morgan fingerprint density at radius 3 is 3.00 bits per heavy atom. The fraction of sp³-hybridized carbons (Fsp3) is 0.429. The molecule has 0 spiro atoms. The average molecular weight is 298 g/mol. The summed E-state index contributed by atoms with van der Waals surface area (Å²) in [5, 5.41) is 3.29. The first-order chi connectivity index (χ1) is 8.25. The van der Waals surface area contributed by atoms with Gasteiger partial charge in [0.1, 0.15) is 5.82 Å². The summed E-state index contributed by atoms with van der Waals surface area (Å²) in [6.07, 6.45) is 7.20. The van der Waals surface area contributed by atoms with E-state index < -0.39 is 0 Å². The Hall–Kier alpha value is -0.670. The molecular weight excluding hydrogens is 281 g/mol. The van der Waals surface area contributed by atoms with E-state index in [0.717, 1.165) is 23.0 Å². The van der Waals surface area contributed by atoms with E-state index in [1.165, 1.54) is 25.3 Å². The Morgan fingerprint density at radius 2 is 2.24 bits per heavy atom. The van der Waals surface area contributed by atoms with Crippen LogP contribution in [0.1, 0.15) is 31.2 Å². The molecule has 3 heteroatoms. The smallest absolute Gasteiger partial charge is 0.127 e. The van der Waals surface area contributed by atoms with Crippen LogP contribution in [0.3, 0.4) is 0 Å². The van der Waals surface area contributed by atoms with Gasteiger partial charge in [-0.2, -0.15) is 0 Å². The molecule has 0 aliphatic heterocycles. The highest BCUT2D eigenvalue weighted by atomic mass is 79.9. The quantitative estimate of drug-likeness (QED) is 0.635. The molecule has 1 aromatic carbocycles. The minimum atomic E-state index is -0.138. The molecule has 0 unspecified atom stereocenters. The Balaban J connectivity index is 1.75. The van der Waals surface area contributed by atoms with Crippen LogP contribution in [0.4, 0.5) is 4.39 Å². The van der Waals surface area contributed by atoms with Crippen LogP contribution in [0, 0.1) is 5.82 Å². The van der Waals surface area contributed by atoms with Crippen molar-refractivity contribution < 1.29 is 4.39 Å². The molecule has 0 aromatic heterocycles. The van der Waals surface area contributed by atoms with E-state index in [1.807, 2.05) is 6.07 Å². The summed E-state index contributed by atoms with van der Waals surface area (Å²) in [6, 6.07) is 5.06. The van der Waals surface area contributed by atoms with E-state index in [2.05, 4.69) is 27.3 Å². The minimum Gasteiger partial charge on any atom is -0.312 e. The van der Waals surface area contributed by atoms with Gasteiger partial charge in [-0.25, -0.2) is 4.39 Å². The van der Waals surface area contributed by atoms with Crippen LogP contribution in [-0.2, 0) is 6.54 Å². The summed E-state index contributed by atoms with van der Waals surface area (Å²) >= 11 is 3.36. The number of allylic oxidation sites excluding steroid dienone is 1. The lowest BCUT2D eigenvalue weighted by molar-refractivity contribution is 0.587. The van der Waals surface area contributed by atoms with E-state index in [0.29, 0.717) is 6.54 Å². The fourth-order valence-electron chi connectivity index (χ4n) is 2.12. The van der Waals surface area contributed by atoms with Gasteiger partial charge in [0.05, 0.1) is 0 Å². The Morgan fingerprint density at radius 1 is 1.35 bits per heavy atom. The maximum Gasteiger partial charge on any atom is 0.127 e. The van der Waals surface area contributed by atoms with Gasteiger partial charge in [0.15, 0.2) is 0 Å². The second kappa shape index (κ2) is 6.31. The molecule has 0 saturated heterocycles. The zero-order chi connectivity index (χ0) is 12.1. The third-order valence-corrected chi connectivity index (χ3v) is 3.57. The van der Waals surface area contributed by atoms with E-state index in [4.69, 9.17) is 0 Å². The van der Waals surface area contributed by atoms with Crippen LogP contribution in [0.2, 0.25) is 0 Å². The summed E-state index contributed by atoms with van der Waals surface area (Å²) in [7, 11) is 0. The minimum absolute atomic E-state index is 0.138. The molecular formula is C14H17BrFN. The maximum absolute atomic E-state index is 13.4. The third-order valence-electron chi connectivity index (χ3n) is 3.08. The number of benzene rings is 1. The van der Waals surface area contributed by atoms with Crippen molar-refractivity contribution in [3.8, 4) is 0 Å². The van der Waals surface area contributed by atoms with E-state index in [-0.39, 0.29) is 5.82 Å². The van der Waals surface area contributed by atoms with Crippen molar-refractivity contribution in [2.75, 3.05) is 6.54 Å². The average Bonchev–Trinajstić information content (AvgIpc) is 2.82. The summed E-state index contributed by atoms with van der Waals surface area (Å²) in [5.41, 5.74) is 2.27. The molecule has 2 rings (SSSR count). The molecule has 17 heavy (non-hydrogen) atoms. The molecule has 0 amide bonds. The predicted octanol–water partition coefficient (Wildman–Crippen LogP) is 4.18. The lowest BCUT2D eigenvalue weighted by atomic mass is 10.1. The van der Waals surface area contributed by atoms with Crippen LogP contribution in [0.25, 0.3) is 0 Å². The van der Waals surface area contributed by atoms with Gasteiger partial charge in [0, 0.05) is 16.6 Å². The first-order valence-corrected chi connectivity index (χ1v) is 6.87. The van der Waals surface area contributed by atoms with Gasteiger partial charge in [-0.3, -0.25) is 0 Å². The van der Waals surface area contributed by atoms with E-state index >= 15 is 0 Å². The zero-order valence-electron chi connectivity index (χ0n) is 9.81. The second-order valence-electron chi connectivity index (χ2n) is 4.42. The number of rotatable bonds is 5. The monoisotopic (exact) mass is 297 g/mol. The van der Waals surface area contributed by atoms with Crippen LogP contribution in [0.15, 0.2) is 34.3 Å². The highest BCUT2D eigenvalue weighted by Gasteiger charge is 2.05. The van der Waals surface area contributed by atoms with Gasteiger partial charge in [-0.05, 0) is 50.4 Å². The Kier molecular flexibility index (Phi) is 4.75. The highest BCUT2D eigenvalue weighted by molar-refractivity contribution is 9.10. The van der Waals surface area contributed by atoms with Crippen molar-refractivity contribution >= 4 is 15.9 Å². The Bertz CT molecular complexity index is 415. The molecule has 92 valence electrons. The van der Waals surface area contributed by atoms with Gasteiger partial charge < -0.3 is 5.32 Å². The SMILES string of the molecule is Fc1ccc(Br)cc1CNCCC1=CCCC1. The van der Waals surface area contributed by atoms with Crippen molar-refractivity contribution in [3.63, 3.8) is 0 Å². The lowest BCUT2D eigenvalue weighted by Crippen LogP contribution is -2.16. The summed E-state index contributed by atoms with van der Waals surface area (Å²) in [6.45, 7) is 1.52. The van der Waals surface area contributed by atoms with Crippen molar-refractivity contribution in [2.45, 2.75) is 32.2 Å². The fourth-order valence-corrected chi connectivity index (χ4v) is 2.52. The number of hydrogen-bond acceptors (Lipinski definition) is 1. The first kappa shape index (κ1) is 12.8. The molecule has 0 atom stereocenters. The van der Waals surface area contributed by atoms with Crippen LogP contribution in [-0.4, -0.2) is 6.54 Å². The van der Waals surface area contributed by atoms with Gasteiger partial charge in [-0.15, -0.1) is 0 Å². The summed E-state index contributed by atoms with van der Waals surface area (Å²) in [4.78, 5) is 0. The van der Waals surface area contributed by atoms with Crippen molar-refractivity contribution in [3.05, 3.63) is 45.7 Å². The molecule has 1 aliphatic rings. The van der Waals surface area contributed by atoms with E-state index in [9.17, 15) is 4.39 Å². The second-order valence-corrected chi connectivity index (χ2v) is 5.33.